The molecule has 0 aliphatic rings. The molecule has 2 heterocycles. The number of aromatic nitrogens is 3. The summed E-state index contributed by atoms with van der Waals surface area (Å²) in [6.45, 7) is 0. The summed E-state index contributed by atoms with van der Waals surface area (Å²) in [6, 6.07) is 70.4. The number of phenols is 1. The van der Waals surface area contributed by atoms with Gasteiger partial charge in [-0.15, -0.1) is 35.9 Å². The first-order valence-electron chi connectivity index (χ1n) is 20.3. The van der Waals surface area contributed by atoms with E-state index in [-0.39, 0.29) is 26.8 Å². The summed E-state index contributed by atoms with van der Waals surface area (Å²) in [5.41, 5.74) is 13.9. The smallest absolute Gasteiger partial charge is 0.128 e. The molecule has 5 heteroatoms. The Morgan fingerprint density at radius 1 is 0.492 bits per heavy atom. The molecule has 61 heavy (non-hydrogen) atoms. The number of rotatable bonds is 10. The predicted octanol–water partition coefficient (Wildman–Crippen LogP) is 13.4. The largest absolute Gasteiger partial charge is 0.507 e. The van der Waals surface area contributed by atoms with Crippen molar-refractivity contribution in [2.24, 2.45) is 0 Å². The Hall–Kier alpha value is -7.13. The maximum absolute atomic E-state index is 12.5. The molecule has 0 aliphatic heterocycles. The van der Waals surface area contributed by atoms with E-state index in [0.717, 1.165) is 73.4 Å². The van der Waals surface area contributed by atoms with E-state index < -0.39 is 0 Å². The number of nitrogens with zero attached hydrogens (tertiary/aromatic N) is 3. The number of phenolic OH excluding ortho intramolecular Hbond substituents is 1. The molecule has 0 atom stereocenters. The molecule has 0 fully saturated rings. The molecule has 0 saturated heterocycles. The van der Waals surface area contributed by atoms with Crippen LogP contribution in [0.4, 0.5) is 0 Å². The van der Waals surface area contributed by atoms with Crippen molar-refractivity contribution in [3.63, 3.8) is 0 Å². The third-order valence-electron chi connectivity index (χ3n) is 11.3. The van der Waals surface area contributed by atoms with Crippen LogP contribution in [0.3, 0.4) is 0 Å². The molecule has 0 unspecified atom stereocenters. The summed E-state index contributed by atoms with van der Waals surface area (Å²) >= 11 is 0. The first kappa shape index (κ1) is 39.3. The van der Waals surface area contributed by atoms with E-state index in [2.05, 4.69) is 173 Å². The summed E-state index contributed by atoms with van der Waals surface area (Å²) < 4.78 is 2.19. The van der Waals surface area contributed by atoms with Gasteiger partial charge in [0.15, 0.2) is 0 Å². The number of pyridine rings is 1. The van der Waals surface area contributed by atoms with Crippen molar-refractivity contribution >= 4 is 10.8 Å². The first-order valence-corrected chi connectivity index (χ1v) is 20.3. The summed E-state index contributed by atoms with van der Waals surface area (Å²) in [4.78, 5) is 9.98. The van der Waals surface area contributed by atoms with Gasteiger partial charge in [0.05, 0.1) is 17.2 Å². The Bertz CT molecular complexity index is 3030. The van der Waals surface area contributed by atoms with Gasteiger partial charge in [-0.25, -0.2) is 0 Å². The normalized spacial score (nSPS) is 11.0. The molecule has 0 amide bonds. The fraction of sp³-hybridized carbons (Fsp3) is 0.0357. The van der Waals surface area contributed by atoms with Crippen molar-refractivity contribution in [1.29, 1.82) is 0 Å². The van der Waals surface area contributed by atoms with Gasteiger partial charge in [-0.2, -0.15) is 0 Å². The quantitative estimate of drug-likeness (QED) is 0.139. The minimum Gasteiger partial charge on any atom is -0.507 e. The van der Waals surface area contributed by atoms with E-state index in [1.165, 1.54) is 16.5 Å². The zero-order valence-electron chi connectivity index (χ0n) is 33.2. The number of hydrogen-bond donors (Lipinski definition) is 1. The SMILES string of the molecule is Oc1c(Cc2ccccc2Cc2cncc3ccccc23)cc(-c2ccccc2)cc1-c1cn(-c2c(-c3ccccc3)cccc2-c2ccccc2)c(-c2[c-]cccc2)n1.[Pt]. The van der Waals surface area contributed by atoms with E-state index in [4.69, 9.17) is 4.98 Å². The average molecular weight is 966 g/mol. The fourth-order valence-electron chi connectivity index (χ4n) is 8.36. The zero-order valence-corrected chi connectivity index (χ0v) is 35.5. The molecule has 0 spiro atoms. The van der Waals surface area contributed by atoms with Gasteiger partial charge >= 0.3 is 0 Å². The zero-order chi connectivity index (χ0) is 40.3. The van der Waals surface area contributed by atoms with Crippen LogP contribution in [0, 0.1) is 6.07 Å². The van der Waals surface area contributed by atoms with Crippen LogP contribution < -0.4 is 0 Å². The number of imidazole rings is 1. The van der Waals surface area contributed by atoms with E-state index in [0.29, 0.717) is 17.7 Å². The summed E-state index contributed by atoms with van der Waals surface area (Å²) in [5, 5.41) is 14.9. The van der Waals surface area contributed by atoms with Gasteiger partial charge < -0.3 is 9.67 Å². The first-order chi connectivity index (χ1) is 29.7. The van der Waals surface area contributed by atoms with Gasteiger partial charge in [0.2, 0.25) is 0 Å². The van der Waals surface area contributed by atoms with Crippen molar-refractivity contribution in [1.82, 2.24) is 14.5 Å². The third-order valence-corrected chi connectivity index (χ3v) is 11.3. The third kappa shape index (κ3) is 7.99. The Labute approximate surface area is 370 Å². The second-order valence-corrected chi connectivity index (χ2v) is 15.1. The molecule has 0 saturated carbocycles. The Morgan fingerprint density at radius 3 is 1.74 bits per heavy atom. The summed E-state index contributed by atoms with van der Waals surface area (Å²) in [6.07, 6.45) is 7.23. The van der Waals surface area contributed by atoms with Gasteiger partial charge in [0, 0.05) is 68.2 Å². The minimum absolute atomic E-state index is 0. The molecular weight excluding hydrogens is 926 g/mol. The van der Waals surface area contributed by atoms with Crippen LogP contribution in [0.25, 0.3) is 72.5 Å². The van der Waals surface area contributed by atoms with Crippen LogP contribution in [0.1, 0.15) is 22.3 Å². The molecule has 0 radical (unpaired) electrons. The topological polar surface area (TPSA) is 50.9 Å². The maximum atomic E-state index is 12.5. The van der Waals surface area contributed by atoms with Gasteiger partial charge in [-0.1, -0.05) is 158 Å². The average Bonchev–Trinajstić information content (AvgIpc) is 3.76. The van der Waals surface area contributed by atoms with E-state index in [9.17, 15) is 5.11 Å². The molecule has 8 aromatic carbocycles. The summed E-state index contributed by atoms with van der Waals surface area (Å²) in [7, 11) is 0. The van der Waals surface area contributed by atoms with E-state index in [1.807, 2.05) is 54.9 Å². The molecule has 0 bridgehead atoms. The number of para-hydroxylation sites is 1. The van der Waals surface area contributed by atoms with Crippen molar-refractivity contribution in [2.45, 2.75) is 12.8 Å². The minimum atomic E-state index is 0. The standard InChI is InChI=1S/C56H40N3O.Pt/c60-55-47(32-43-26-13-14-27-44(43)33-48-37-57-36-45-28-15-16-29-49(45)48)34-46(39-18-5-1-6-19-39)35-52(55)53-38-59(56(58-53)42-24-11-4-12-25-42)54-50(40-20-7-2-8-21-40)30-17-31-51(54)41-22-9-3-10-23-41;/h1-24,26-31,34-38,60H,32-33H2;/q-1;. The van der Waals surface area contributed by atoms with Crippen LogP contribution in [0.15, 0.2) is 213 Å². The van der Waals surface area contributed by atoms with Gasteiger partial charge in [0.1, 0.15) is 5.75 Å². The van der Waals surface area contributed by atoms with Crippen molar-refractivity contribution in [3.05, 3.63) is 241 Å². The molecule has 1 N–H and O–H groups in total. The van der Waals surface area contributed by atoms with Crippen LogP contribution >= 0.6 is 0 Å². The van der Waals surface area contributed by atoms with Crippen molar-refractivity contribution < 1.29 is 26.2 Å². The van der Waals surface area contributed by atoms with Crippen molar-refractivity contribution in [3.8, 4) is 67.5 Å². The van der Waals surface area contributed by atoms with Crippen LogP contribution in [-0.4, -0.2) is 19.6 Å². The van der Waals surface area contributed by atoms with Gasteiger partial charge in [0.25, 0.3) is 0 Å². The molecule has 4 nitrogen and oxygen atoms in total. The Morgan fingerprint density at radius 2 is 1.08 bits per heavy atom. The maximum Gasteiger partial charge on any atom is 0.128 e. The number of aromatic hydroxyl groups is 1. The van der Waals surface area contributed by atoms with Gasteiger partial charge in [-0.05, 0) is 68.4 Å². The number of benzene rings is 8. The molecule has 10 aromatic rings. The Kier molecular flexibility index (Phi) is 11.4. The van der Waals surface area contributed by atoms with E-state index in [1.54, 1.807) is 0 Å². The molecule has 10 rings (SSSR count). The van der Waals surface area contributed by atoms with E-state index >= 15 is 0 Å². The molecule has 296 valence electrons. The summed E-state index contributed by atoms with van der Waals surface area (Å²) in [5.74, 6) is 0.940. The molecule has 2 aromatic heterocycles. The second kappa shape index (κ2) is 17.6. The number of fused-ring (bicyclic) bond motifs is 1. The Balaban J connectivity index is 0.00000476. The molecular formula is C56H40N3OPt-. The predicted molar refractivity (Wildman–Crippen MR) is 245 cm³/mol. The fourth-order valence-corrected chi connectivity index (χ4v) is 8.36. The van der Waals surface area contributed by atoms with Crippen LogP contribution in [0.2, 0.25) is 0 Å². The van der Waals surface area contributed by atoms with Crippen molar-refractivity contribution in [2.75, 3.05) is 0 Å². The monoisotopic (exact) mass is 965 g/mol. The van der Waals surface area contributed by atoms with Crippen LogP contribution in [-0.2, 0) is 33.9 Å². The number of hydrogen-bond acceptors (Lipinski definition) is 3. The second-order valence-electron chi connectivity index (χ2n) is 15.1. The van der Waals surface area contributed by atoms with Gasteiger partial charge in [-0.3, -0.25) is 9.97 Å². The molecule has 0 aliphatic carbocycles. The van der Waals surface area contributed by atoms with Crippen LogP contribution in [0.5, 0.6) is 5.75 Å².